The highest BCUT2D eigenvalue weighted by atomic mass is 32.2. The Morgan fingerprint density at radius 2 is 1.86 bits per heavy atom. The van der Waals surface area contributed by atoms with Crippen LogP contribution in [0.2, 0.25) is 0 Å². The van der Waals surface area contributed by atoms with Gasteiger partial charge in [-0.3, -0.25) is 0 Å². The predicted molar refractivity (Wildman–Crippen MR) is 84.5 cm³/mol. The fraction of sp³-hybridized carbons (Fsp3) is 0.231. The van der Waals surface area contributed by atoms with Gasteiger partial charge >= 0.3 is 0 Å². The van der Waals surface area contributed by atoms with Crippen molar-refractivity contribution in [1.29, 1.82) is 0 Å². The van der Waals surface area contributed by atoms with E-state index in [-0.39, 0.29) is 0 Å². The van der Waals surface area contributed by atoms with Crippen LogP contribution in [0.5, 0.6) is 11.5 Å². The molecule has 0 fully saturated rings. The lowest BCUT2D eigenvalue weighted by Gasteiger charge is -2.13. The molecule has 1 heterocycles. The van der Waals surface area contributed by atoms with Crippen LogP contribution < -0.4 is 26.1 Å². The Hall–Kier alpha value is -2.19. The van der Waals surface area contributed by atoms with Gasteiger partial charge in [0, 0.05) is 12.1 Å². The summed E-state index contributed by atoms with van der Waals surface area (Å²) in [5, 5.41) is 3.80. The van der Waals surface area contributed by atoms with Gasteiger partial charge < -0.3 is 20.2 Å². The first-order valence-electron chi connectivity index (χ1n) is 6.09. The lowest BCUT2D eigenvalue weighted by molar-refractivity contribution is 0.395. The molecule has 0 saturated carbocycles. The maximum absolute atomic E-state index is 5.41. The van der Waals surface area contributed by atoms with Crippen LogP contribution in [0.25, 0.3) is 0 Å². The Kier molecular flexibility index (Phi) is 5.07. The van der Waals surface area contributed by atoms with Crippen LogP contribution in [0.15, 0.2) is 29.4 Å². The van der Waals surface area contributed by atoms with E-state index in [2.05, 4.69) is 20.7 Å². The van der Waals surface area contributed by atoms with Crippen molar-refractivity contribution < 1.29 is 9.47 Å². The molecule has 0 aliphatic rings. The number of nitrogens with two attached hydrogens (primary N) is 1. The number of aromatic nitrogens is 2. The molecule has 0 radical (unpaired) electrons. The van der Waals surface area contributed by atoms with Gasteiger partial charge in [0.15, 0.2) is 5.16 Å². The van der Waals surface area contributed by atoms with Gasteiger partial charge in [-0.1, -0.05) is 11.8 Å². The zero-order chi connectivity index (χ0) is 15.2. The summed E-state index contributed by atoms with van der Waals surface area (Å²) in [6.07, 6.45) is 1.90. The fourth-order valence-electron chi connectivity index (χ4n) is 1.69. The standard InChI is InChI=1S/C13H17N5O2S/c1-19-8-4-5-9(10(6-8)20-2)15-11-7-12(18-14)17-13(16-11)21-3/h4-7H,14H2,1-3H3,(H2,15,16,17,18). The minimum absolute atomic E-state index is 0.532. The molecule has 0 aliphatic heterocycles. The maximum Gasteiger partial charge on any atom is 0.191 e. The van der Waals surface area contributed by atoms with Gasteiger partial charge in [0.1, 0.15) is 23.1 Å². The number of hydrazine groups is 1. The number of hydrogen-bond acceptors (Lipinski definition) is 8. The minimum atomic E-state index is 0.532. The molecule has 0 saturated heterocycles. The second-order valence-corrected chi connectivity index (χ2v) is 4.73. The topological polar surface area (TPSA) is 94.3 Å². The summed E-state index contributed by atoms with van der Waals surface area (Å²) in [4.78, 5) is 8.58. The summed E-state index contributed by atoms with van der Waals surface area (Å²) in [7, 11) is 3.20. The third-order valence-electron chi connectivity index (χ3n) is 2.71. The Balaban J connectivity index is 2.33. The summed E-state index contributed by atoms with van der Waals surface area (Å²) in [5.41, 5.74) is 3.29. The molecule has 0 atom stereocenters. The number of nitrogens with one attached hydrogen (secondary N) is 2. The van der Waals surface area contributed by atoms with Crippen LogP contribution >= 0.6 is 11.8 Å². The average molecular weight is 307 g/mol. The van der Waals surface area contributed by atoms with Crippen LogP contribution in [0.3, 0.4) is 0 Å². The Morgan fingerprint density at radius 3 is 2.48 bits per heavy atom. The highest BCUT2D eigenvalue weighted by Crippen LogP contribution is 2.31. The Bertz CT molecular complexity index is 601. The Morgan fingerprint density at radius 1 is 1.10 bits per heavy atom. The SMILES string of the molecule is COc1ccc(Nc2cc(NN)nc(SC)n2)c(OC)c1. The van der Waals surface area contributed by atoms with Crippen molar-refractivity contribution in [3.8, 4) is 11.5 Å². The molecule has 7 nitrogen and oxygen atoms in total. The van der Waals surface area contributed by atoms with Crippen molar-refractivity contribution in [2.24, 2.45) is 5.84 Å². The molecular formula is C13H17N5O2S. The van der Waals surface area contributed by atoms with E-state index < -0.39 is 0 Å². The number of hydrogen-bond donors (Lipinski definition) is 3. The highest BCUT2D eigenvalue weighted by Gasteiger charge is 2.08. The third kappa shape index (κ3) is 3.67. The second-order valence-electron chi connectivity index (χ2n) is 3.96. The molecule has 4 N–H and O–H groups in total. The number of anilines is 3. The molecule has 0 spiro atoms. The van der Waals surface area contributed by atoms with Gasteiger partial charge in [-0.25, -0.2) is 15.8 Å². The van der Waals surface area contributed by atoms with Gasteiger partial charge in [-0.2, -0.15) is 0 Å². The molecule has 0 aliphatic carbocycles. The molecule has 8 heteroatoms. The van der Waals surface area contributed by atoms with E-state index >= 15 is 0 Å². The van der Waals surface area contributed by atoms with Crippen molar-refractivity contribution in [2.45, 2.75) is 5.16 Å². The Labute approximate surface area is 127 Å². The summed E-state index contributed by atoms with van der Waals surface area (Å²) < 4.78 is 10.5. The van der Waals surface area contributed by atoms with E-state index in [4.69, 9.17) is 15.3 Å². The number of methoxy groups -OCH3 is 2. The van der Waals surface area contributed by atoms with E-state index in [0.717, 1.165) is 5.69 Å². The van der Waals surface area contributed by atoms with Crippen molar-refractivity contribution in [3.63, 3.8) is 0 Å². The summed E-state index contributed by atoms with van der Waals surface area (Å²) in [6.45, 7) is 0. The molecule has 1 aromatic heterocycles. The predicted octanol–water partition coefficient (Wildman–Crippen LogP) is 2.24. The molecule has 21 heavy (non-hydrogen) atoms. The fourth-order valence-corrected chi connectivity index (χ4v) is 2.07. The van der Waals surface area contributed by atoms with Gasteiger partial charge in [-0.15, -0.1) is 0 Å². The van der Waals surface area contributed by atoms with Crippen molar-refractivity contribution in [1.82, 2.24) is 9.97 Å². The summed E-state index contributed by atoms with van der Waals surface area (Å²) in [5.74, 6) is 7.93. The first-order valence-corrected chi connectivity index (χ1v) is 7.31. The first-order chi connectivity index (χ1) is 10.2. The number of nitrogens with zero attached hydrogens (tertiary/aromatic N) is 2. The third-order valence-corrected chi connectivity index (χ3v) is 3.26. The van der Waals surface area contributed by atoms with E-state index in [1.54, 1.807) is 26.4 Å². The number of benzene rings is 1. The molecule has 0 unspecified atom stereocenters. The molecule has 0 amide bonds. The van der Waals surface area contributed by atoms with Crippen molar-refractivity contribution >= 4 is 29.1 Å². The smallest absolute Gasteiger partial charge is 0.191 e. The number of ether oxygens (including phenoxy) is 2. The summed E-state index contributed by atoms with van der Waals surface area (Å²) in [6, 6.07) is 7.20. The molecular weight excluding hydrogens is 290 g/mol. The number of rotatable bonds is 6. The first kappa shape index (κ1) is 15.2. The van der Waals surface area contributed by atoms with Crippen molar-refractivity contribution in [3.05, 3.63) is 24.3 Å². The largest absolute Gasteiger partial charge is 0.497 e. The molecule has 112 valence electrons. The van der Waals surface area contributed by atoms with Crippen LogP contribution in [-0.4, -0.2) is 30.4 Å². The zero-order valence-corrected chi connectivity index (χ0v) is 12.8. The molecule has 1 aromatic carbocycles. The van der Waals surface area contributed by atoms with E-state index in [9.17, 15) is 0 Å². The molecule has 2 rings (SSSR count). The lowest BCUT2D eigenvalue weighted by atomic mass is 10.2. The van der Waals surface area contributed by atoms with Crippen LogP contribution in [0.4, 0.5) is 17.3 Å². The van der Waals surface area contributed by atoms with Gasteiger partial charge in [0.25, 0.3) is 0 Å². The number of thioether (sulfide) groups is 1. The van der Waals surface area contributed by atoms with Crippen LogP contribution in [-0.2, 0) is 0 Å². The number of nitrogen functional groups attached to an aromatic ring is 1. The van der Waals surface area contributed by atoms with Gasteiger partial charge in [-0.05, 0) is 18.4 Å². The monoisotopic (exact) mass is 307 g/mol. The lowest BCUT2D eigenvalue weighted by Crippen LogP contribution is -2.10. The second kappa shape index (κ2) is 7.00. The van der Waals surface area contributed by atoms with Gasteiger partial charge in [0.05, 0.1) is 19.9 Å². The van der Waals surface area contributed by atoms with E-state index in [1.165, 1.54) is 11.8 Å². The normalized spacial score (nSPS) is 10.1. The molecule has 0 bridgehead atoms. The van der Waals surface area contributed by atoms with Crippen LogP contribution in [0, 0.1) is 0 Å². The minimum Gasteiger partial charge on any atom is -0.497 e. The van der Waals surface area contributed by atoms with E-state index in [1.807, 2.05) is 18.4 Å². The zero-order valence-electron chi connectivity index (χ0n) is 12.0. The van der Waals surface area contributed by atoms with Crippen molar-refractivity contribution in [2.75, 3.05) is 31.2 Å². The highest BCUT2D eigenvalue weighted by molar-refractivity contribution is 7.98. The molecule has 2 aromatic rings. The maximum atomic E-state index is 5.41. The van der Waals surface area contributed by atoms with E-state index in [0.29, 0.717) is 28.3 Å². The average Bonchev–Trinajstić information content (AvgIpc) is 2.54. The summed E-state index contributed by atoms with van der Waals surface area (Å²) >= 11 is 1.43. The quantitative estimate of drug-likeness (QED) is 0.324. The van der Waals surface area contributed by atoms with Gasteiger partial charge in [0.2, 0.25) is 0 Å². The van der Waals surface area contributed by atoms with Crippen LogP contribution in [0.1, 0.15) is 0 Å².